The van der Waals surface area contributed by atoms with Crippen LogP contribution in [0.4, 0.5) is 10.3 Å². The zero-order valence-electron chi connectivity index (χ0n) is 11.5. The molecule has 1 heterocycles. The molecule has 2 N–H and O–H groups in total. The standard InChI is InChI=1S/C15H17ClFNO2/c1-3-4-8-11-14(19)12(15(18-2)20-11)9-6-5-7-10(17)13(9)16/h5-7,18-19H,3-4,8H2,1-2H3. The molecule has 5 heteroatoms. The average molecular weight is 298 g/mol. The molecule has 0 fully saturated rings. The Morgan fingerprint density at radius 3 is 2.80 bits per heavy atom. The number of nitrogens with one attached hydrogen (secondary N) is 1. The van der Waals surface area contributed by atoms with E-state index in [9.17, 15) is 9.50 Å². The summed E-state index contributed by atoms with van der Waals surface area (Å²) < 4.78 is 19.2. The van der Waals surface area contributed by atoms with Crippen molar-refractivity contribution in [2.24, 2.45) is 0 Å². The summed E-state index contributed by atoms with van der Waals surface area (Å²) in [5.74, 6) is 0.379. The van der Waals surface area contributed by atoms with Crippen LogP contribution in [0.25, 0.3) is 11.1 Å². The highest BCUT2D eigenvalue weighted by Crippen LogP contribution is 2.45. The first-order chi connectivity index (χ1) is 9.60. The molecular weight excluding hydrogens is 281 g/mol. The van der Waals surface area contributed by atoms with Crippen LogP contribution in [0.2, 0.25) is 5.02 Å². The topological polar surface area (TPSA) is 45.4 Å². The molecule has 0 saturated heterocycles. The molecule has 0 aliphatic carbocycles. The number of aryl methyl sites for hydroxylation is 1. The van der Waals surface area contributed by atoms with Crippen LogP contribution < -0.4 is 5.32 Å². The van der Waals surface area contributed by atoms with E-state index in [0.29, 0.717) is 29.2 Å². The number of unbranched alkanes of at least 4 members (excludes halogenated alkanes) is 1. The van der Waals surface area contributed by atoms with Crippen LogP contribution in [0.3, 0.4) is 0 Å². The quantitative estimate of drug-likeness (QED) is 0.831. The van der Waals surface area contributed by atoms with Crippen LogP contribution >= 0.6 is 11.6 Å². The van der Waals surface area contributed by atoms with E-state index in [2.05, 4.69) is 12.2 Å². The molecule has 1 aromatic heterocycles. The van der Waals surface area contributed by atoms with E-state index in [1.807, 2.05) is 0 Å². The van der Waals surface area contributed by atoms with E-state index in [1.165, 1.54) is 6.07 Å². The fraction of sp³-hybridized carbons (Fsp3) is 0.333. The molecule has 0 radical (unpaired) electrons. The molecule has 1 aromatic carbocycles. The van der Waals surface area contributed by atoms with E-state index in [4.69, 9.17) is 16.0 Å². The van der Waals surface area contributed by atoms with Gasteiger partial charge in [-0.05, 0) is 12.5 Å². The summed E-state index contributed by atoms with van der Waals surface area (Å²) in [4.78, 5) is 0. The van der Waals surface area contributed by atoms with E-state index < -0.39 is 5.82 Å². The SMILES string of the molecule is CCCCc1oc(NC)c(-c2cccc(F)c2Cl)c1O. The van der Waals surface area contributed by atoms with Crippen molar-refractivity contribution in [2.75, 3.05) is 12.4 Å². The maximum Gasteiger partial charge on any atom is 0.204 e. The van der Waals surface area contributed by atoms with E-state index in [1.54, 1.807) is 19.2 Å². The van der Waals surface area contributed by atoms with Gasteiger partial charge in [0, 0.05) is 19.0 Å². The highest BCUT2D eigenvalue weighted by molar-refractivity contribution is 6.33. The fourth-order valence-electron chi connectivity index (χ4n) is 2.10. The number of hydrogen-bond donors (Lipinski definition) is 2. The number of benzene rings is 1. The van der Waals surface area contributed by atoms with Crippen molar-refractivity contribution in [1.82, 2.24) is 0 Å². The molecule has 0 aliphatic heterocycles. The highest BCUT2D eigenvalue weighted by atomic mass is 35.5. The second kappa shape index (κ2) is 6.18. The summed E-state index contributed by atoms with van der Waals surface area (Å²) in [6.45, 7) is 2.06. The predicted molar refractivity (Wildman–Crippen MR) is 78.9 cm³/mol. The van der Waals surface area contributed by atoms with Crippen molar-refractivity contribution < 1.29 is 13.9 Å². The minimum Gasteiger partial charge on any atom is -0.504 e. The Morgan fingerprint density at radius 2 is 2.15 bits per heavy atom. The molecule has 0 saturated carbocycles. The van der Waals surface area contributed by atoms with Gasteiger partial charge in [-0.3, -0.25) is 0 Å². The molecule has 20 heavy (non-hydrogen) atoms. The van der Waals surface area contributed by atoms with Crippen LogP contribution in [0.1, 0.15) is 25.5 Å². The molecular formula is C15H17ClFNO2. The van der Waals surface area contributed by atoms with Crippen LogP contribution in [0, 0.1) is 5.82 Å². The average Bonchev–Trinajstić information content (AvgIpc) is 2.76. The van der Waals surface area contributed by atoms with Gasteiger partial charge in [0.05, 0.1) is 10.6 Å². The summed E-state index contributed by atoms with van der Waals surface area (Å²) in [6, 6.07) is 4.48. The van der Waals surface area contributed by atoms with Crippen LogP contribution in [-0.4, -0.2) is 12.2 Å². The summed E-state index contributed by atoms with van der Waals surface area (Å²) in [5.41, 5.74) is 0.822. The second-order valence-electron chi connectivity index (χ2n) is 4.53. The van der Waals surface area contributed by atoms with Gasteiger partial charge in [0.15, 0.2) is 5.75 Å². The van der Waals surface area contributed by atoms with Gasteiger partial charge >= 0.3 is 0 Å². The Morgan fingerprint density at radius 1 is 1.40 bits per heavy atom. The lowest BCUT2D eigenvalue weighted by atomic mass is 10.1. The second-order valence-corrected chi connectivity index (χ2v) is 4.91. The maximum absolute atomic E-state index is 13.6. The van der Waals surface area contributed by atoms with E-state index in [0.717, 1.165) is 12.8 Å². The Hall–Kier alpha value is -1.68. The van der Waals surface area contributed by atoms with Crippen molar-refractivity contribution in [3.05, 3.63) is 34.8 Å². The van der Waals surface area contributed by atoms with Gasteiger partial charge in [0.2, 0.25) is 5.88 Å². The van der Waals surface area contributed by atoms with E-state index in [-0.39, 0.29) is 10.8 Å². The van der Waals surface area contributed by atoms with Gasteiger partial charge in [-0.1, -0.05) is 37.1 Å². The van der Waals surface area contributed by atoms with Crippen molar-refractivity contribution in [3.63, 3.8) is 0 Å². The highest BCUT2D eigenvalue weighted by Gasteiger charge is 2.23. The van der Waals surface area contributed by atoms with Crippen LogP contribution in [-0.2, 0) is 6.42 Å². The molecule has 0 aliphatic rings. The Kier molecular flexibility index (Phi) is 4.55. The summed E-state index contributed by atoms with van der Waals surface area (Å²) in [6.07, 6.45) is 2.52. The number of aromatic hydroxyl groups is 1. The lowest BCUT2D eigenvalue weighted by Crippen LogP contribution is -1.89. The molecule has 0 unspecified atom stereocenters. The first kappa shape index (κ1) is 14.7. The zero-order chi connectivity index (χ0) is 14.7. The Balaban J connectivity index is 2.55. The Bertz CT molecular complexity index is 610. The zero-order valence-corrected chi connectivity index (χ0v) is 12.2. The van der Waals surface area contributed by atoms with E-state index >= 15 is 0 Å². The van der Waals surface area contributed by atoms with Crippen LogP contribution in [0.15, 0.2) is 22.6 Å². The molecule has 0 amide bonds. The largest absolute Gasteiger partial charge is 0.504 e. The van der Waals surface area contributed by atoms with Gasteiger partial charge in [-0.2, -0.15) is 0 Å². The molecule has 2 rings (SSSR count). The van der Waals surface area contributed by atoms with Crippen molar-refractivity contribution in [1.29, 1.82) is 0 Å². The van der Waals surface area contributed by atoms with Crippen molar-refractivity contribution >= 4 is 17.5 Å². The molecule has 0 atom stereocenters. The fourth-order valence-corrected chi connectivity index (χ4v) is 2.32. The molecule has 0 bridgehead atoms. The van der Waals surface area contributed by atoms with Gasteiger partial charge in [-0.25, -0.2) is 4.39 Å². The van der Waals surface area contributed by atoms with Gasteiger partial charge in [0.1, 0.15) is 11.6 Å². The number of anilines is 1. The normalized spacial score (nSPS) is 10.8. The number of furan rings is 1. The molecule has 108 valence electrons. The number of hydrogen-bond acceptors (Lipinski definition) is 3. The predicted octanol–water partition coefficient (Wildman–Crippen LogP) is 4.83. The molecule has 2 aromatic rings. The number of rotatable bonds is 5. The lowest BCUT2D eigenvalue weighted by Gasteiger charge is -2.05. The summed E-state index contributed by atoms with van der Waals surface area (Å²) in [7, 11) is 1.68. The number of halogens is 2. The van der Waals surface area contributed by atoms with Crippen LogP contribution in [0.5, 0.6) is 5.75 Å². The Labute approximate surface area is 122 Å². The maximum atomic E-state index is 13.6. The smallest absolute Gasteiger partial charge is 0.204 e. The van der Waals surface area contributed by atoms with Gasteiger partial charge < -0.3 is 14.8 Å². The first-order valence-corrected chi connectivity index (χ1v) is 6.94. The summed E-state index contributed by atoms with van der Waals surface area (Å²) in [5, 5.41) is 13.2. The minimum atomic E-state index is -0.526. The minimum absolute atomic E-state index is 0.0234. The van der Waals surface area contributed by atoms with Crippen molar-refractivity contribution in [2.45, 2.75) is 26.2 Å². The van der Waals surface area contributed by atoms with Gasteiger partial charge in [0.25, 0.3) is 0 Å². The molecule has 0 spiro atoms. The molecule has 3 nitrogen and oxygen atoms in total. The van der Waals surface area contributed by atoms with Gasteiger partial charge in [-0.15, -0.1) is 0 Å². The third-order valence-electron chi connectivity index (χ3n) is 3.16. The first-order valence-electron chi connectivity index (χ1n) is 6.56. The third-order valence-corrected chi connectivity index (χ3v) is 3.54. The third kappa shape index (κ3) is 2.61. The summed E-state index contributed by atoms with van der Waals surface area (Å²) >= 11 is 5.99. The lowest BCUT2D eigenvalue weighted by molar-refractivity contribution is 0.431. The monoisotopic (exact) mass is 297 g/mol. The van der Waals surface area contributed by atoms with Crippen molar-refractivity contribution in [3.8, 4) is 16.9 Å².